The molecule has 0 spiro atoms. The van der Waals surface area contributed by atoms with Crippen LogP contribution in [-0.4, -0.2) is 40.9 Å². The summed E-state index contributed by atoms with van der Waals surface area (Å²) >= 11 is 12.1. The second-order valence-electron chi connectivity index (χ2n) is 4.91. The van der Waals surface area contributed by atoms with Crippen LogP contribution in [0.1, 0.15) is 6.92 Å². The highest BCUT2D eigenvalue weighted by atomic mass is 35.5. The summed E-state index contributed by atoms with van der Waals surface area (Å²) in [5, 5.41) is 11.8. The van der Waals surface area contributed by atoms with Crippen molar-refractivity contribution >= 4 is 29.2 Å². The highest BCUT2D eigenvalue weighted by Crippen LogP contribution is 2.28. The molecule has 1 aromatic heterocycles. The first kappa shape index (κ1) is 13.7. The standard InChI is InChI=1S/C13H15Cl2N5/c1-8-7-20(5-4-16-8)13-17-12(18-19-13)10-3-2-9(14)6-11(10)15/h2-3,6,8,16H,4-5,7H2,1H3,(H,17,18,19). The van der Waals surface area contributed by atoms with E-state index in [0.29, 0.717) is 27.9 Å². The molecule has 0 saturated carbocycles. The summed E-state index contributed by atoms with van der Waals surface area (Å²) in [6.07, 6.45) is 0. The largest absolute Gasteiger partial charge is 0.337 e. The van der Waals surface area contributed by atoms with Gasteiger partial charge in [0, 0.05) is 36.3 Å². The zero-order valence-corrected chi connectivity index (χ0v) is 12.5. The summed E-state index contributed by atoms with van der Waals surface area (Å²) in [5.74, 6) is 1.37. The van der Waals surface area contributed by atoms with Crippen LogP contribution in [0.4, 0.5) is 5.95 Å². The van der Waals surface area contributed by atoms with Crippen LogP contribution in [-0.2, 0) is 0 Å². The number of hydrogen-bond acceptors (Lipinski definition) is 4. The molecule has 1 aromatic carbocycles. The molecular formula is C13H15Cl2N5. The smallest absolute Gasteiger partial charge is 0.245 e. The molecule has 106 valence electrons. The van der Waals surface area contributed by atoms with Gasteiger partial charge in [0.15, 0.2) is 5.82 Å². The number of rotatable bonds is 2. The minimum atomic E-state index is 0.435. The van der Waals surface area contributed by atoms with E-state index in [-0.39, 0.29) is 0 Å². The third-order valence-corrected chi connectivity index (χ3v) is 3.86. The Kier molecular flexibility index (Phi) is 3.83. The number of H-pyrrole nitrogens is 1. The topological polar surface area (TPSA) is 56.8 Å². The van der Waals surface area contributed by atoms with Gasteiger partial charge in [-0.2, -0.15) is 4.98 Å². The van der Waals surface area contributed by atoms with E-state index in [2.05, 4.69) is 32.3 Å². The van der Waals surface area contributed by atoms with Gasteiger partial charge in [-0.15, -0.1) is 5.10 Å². The zero-order chi connectivity index (χ0) is 14.1. The monoisotopic (exact) mass is 311 g/mol. The number of aromatic nitrogens is 3. The fraction of sp³-hybridized carbons (Fsp3) is 0.385. The van der Waals surface area contributed by atoms with E-state index < -0.39 is 0 Å². The fourth-order valence-electron chi connectivity index (χ4n) is 2.31. The zero-order valence-electron chi connectivity index (χ0n) is 11.0. The molecule has 1 aliphatic rings. The number of piperazine rings is 1. The Labute approximate surface area is 127 Å². The predicted octanol–water partition coefficient (Wildman–Crippen LogP) is 2.58. The Bertz CT molecular complexity index is 613. The fourth-order valence-corrected chi connectivity index (χ4v) is 2.81. The molecule has 20 heavy (non-hydrogen) atoms. The number of hydrogen-bond donors (Lipinski definition) is 2. The van der Waals surface area contributed by atoms with Gasteiger partial charge < -0.3 is 10.2 Å². The highest BCUT2D eigenvalue weighted by Gasteiger charge is 2.20. The van der Waals surface area contributed by atoms with Crippen LogP contribution in [0.25, 0.3) is 11.4 Å². The maximum absolute atomic E-state index is 6.19. The number of anilines is 1. The molecule has 0 amide bonds. The van der Waals surface area contributed by atoms with E-state index >= 15 is 0 Å². The number of aromatic amines is 1. The molecule has 2 heterocycles. The molecule has 0 aliphatic carbocycles. The normalized spacial score (nSPS) is 19.4. The molecule has 5 nitrogen and oxygen atoms in total. The molecule has 1 aliphatic heterocycles. The maximum atomic E-state index is 6.19. The number of halogens is 2. The van der Waals surface area contributed by atoms with Crippen molar-refractivity contribution in [1.82, 2.24) is 20.5 Å². The summed E-state index contributed by atoms with van der Waals surface area (Å²) in [6, 6.07) is 5.77. The first-order chi connectivity index (χ1) is 9.63. The Morgan fingerprint density at radius 3 is 2.95 bits per heavy atom. The van der Waals surface area contributed by atoms with Gasteiger partial charge in [0.25, 0.3) is 0 Å². The Morgan fingerprint density at radius 1 is 1.35 bits per heavy atom. The van der Waals surface area contributed by atoms with Crippen LogP contribution < -0.4 is 10.2 Å². The van der Waals surface area contributed by atoms with Crippen LogP contribution in [0.3, 0.4) is 0 Å². The molecule has 1 atom stereocenters. The molecule has 7 heteroatoms. The summed E-state index contributed by atoms with van der Waals surface area (Å²) < 4.78 is 0. The molecule has 2 aromatic rings. The quantitative estimate of drug-likeness (QED) is 0.895. The first-order valence-corrected chi connectivity index (χ1v) is 7.25. The third-order valence-electron chi connectivity index (χ3n) is 3.31. The van der Waals surface area contributed by atoms with E-state index in [4.69, 9.17) is 23.2 Å². The van der Waals surface area contributed by atoms with Crippen molar-refractivity contribution in [3.05, 3.63) is 28.2 Å². The van der Waals surface area contributed by atoms with E-state index in [1.54, 1.807) is 12.1 Å². The molecule has 3 rings (SSSR count). The van der Waals surface area contributed by atoms with Crippen LogP contribution in [0.5, 0.6) is 0 Å². The third kappa shape index (κ3) is 2.75. The minimum absolute atomic E-state index is 0.435. The Hall–Kier alpha value is -1.30. The van der Waals surface area contributed by atoms with Gasteiger partial charge >= 0.3 is 0 Å². The van der Waals surface area contributed by atoms with Crippen molar-refractivity contribution in [1.29, 1.82) is 0 Å². The summed E-state index contributed by atoms with van der Waals surface area (Å²) in [5.41, 5.74) is 0.804. The van der Waals surface area contributed by atoms with E-state index in [0.717, 1.165) is 25.2 Å². The molecule has 1 saturated heterocycles. The number of nitrogens with one attached hydrogen (secondary N) is 2. The predicted molar refractivity (Wildman–Crippen MR) is 81.5 cm³/mol. The lowest BCUT2D eigenvalue weighted by molar-refractivity contribution is 0.480. The van der Waals surface area contributed by atoms with Gasteiger partial charge in [0.1, 0.15) is 0 Å². The van der Waals surface area contributed by atoms with Gasteiger partial charge in [-0.3, -0.25) is 5.10 Å². The molecule has 1 unspecified atom stereocenters. The molecule has 2 N–H and O–H groups in total. The van der Waals surface area contributed by atoms with Crippen molar-refractivity contribution < 1.29 is 0 Å². The molecule has 1 fully saturated rings. The van der Waals surface area contributed by atoms with Gasteiger partial charge in [-0.25, -0.2) is 0 Å². The van der Waals surface area contributed by atoms with Crippen molar-refractivity contribution in [2.45, 2.75) is 13.0 Å². The van der Waals surface area contributed by atoms with Crippen molar-refractivity contribution in [3.8, 4) is 11.4 Å². The minimum Gasteiger partial charge on any atom is -0.337 e. The van der Waals surface area contributed by atoms with E-state index in [9.17, 15) is 0 Å². The molecular weight excluding hydrogens is 297 g/mol. The average Bonchev–Trinajstić information content (AvgIpc) is 2.88. The maximum Gasteiger partial charge on any atom is 0.245 e. The lowest BCUT2D eigenvalue weighted by Crippen LogP contribution is -2.49. The van der Waals surface area contributed by atoms with Crippen molar-refractivity contribution in [2.24, 2.45) is 0 Å². The van der Waals surface area contributed by atoms with Crippen LogP contribution in [0, 0.1) is 0 Å². The van der Waals surface area contributed by atoms with Gasteiger partial charge in [0.05, 0.1) is 5.02 Å². The number of benzene rings is 1. The summed E-state index contributed by atoms with van der Waals surface area (Å²) in [4.78, 5) is 6.69. The van der Waals surface area contributed by atoms with Crippen LogP contribution >= 0.6 is 23.2 Å². The first-order valence-electron chi connectivity index (χ1n) is 6.49. The summed E-state index contributed by atoms with van der Waals surface area (Å²) in [7, 11) is 0. The lowest BCUT2D eigenvalue weighted by atomic mass is 10.2. The molecule has 0 bridgehead atoms. The molecule has 0 radical (unpaired) electrons. The Morgan fingerprint density at radius 2 is 2.20 bits per heavy atom. The number of nitrogens with zero attached hydrogens (tertiary/aromatic N) is 3. The van der Waals surface area contributed by atoms with Gasteiger partial charge in [-0.1, -0.05) is 23.2 Å². The van der Waals surface area contributed by atoms with Crippen LogP contribution in [0.15, 0.2) is 18.2 Å². The second-order valence-corrected chi connectivity index (χ2v) is 5.75. The lowest BCUT2D eigenvalue weighted by Gasteiger charge is -2.30. The Balaban J connectivity index is 1.86. The SMILES string of the molecule is CC1CN(c2n[nH]c(-c3ccc(Cl)cc3Cl)n2)CCN1. The van der Waals surface area contributed by atoms with Crippen molar-refractivity contribution in [3.63, 3.8) is 0 Å². The second kappa shape index (κ2) is 5.60. The highest BCUT2D eigenvalue weighted by molar-refractivity contribution is 6.36. The van der Waals surface area contributed by atoms with Crippen molar-refractivity contribution in [2.75, 3.05) is 24.5 Å². The van der Waals surface area contributed by atoms with E-state index in [1.807, 2.05) is 6.07 Å². The van der Waals surface area contributed by atoms with Gasteiger partial charge in [-0.05, 0) is 25.1 Å². The van der Waals surface area contributed by atoms with E-state index in [1.165, 1.54) is 0 Å². The average molecular weight is 312 g/mol. The van der Waals surface area contributed by atoms with Crippen LogP contribution in [0.2, 0.25) is 10.0 Å². The summed E-state index contributed by atoms with van der Waals surface area (Å²) in [6.45, 7) is 4.88. The van der Waals surface area contributed by atoms with Gasteiger partial charge in [0.2, 0.25) is 5.95 Å².